The quantitative estimate of drug-likeness (QED) is 0.175. The molecule has 0 radical (unpaired) electrons. The number of carboxylic acids is 1. The fourth-order valence-electron chi connectivity index (χ4n) is 6.26. The van der Waals surface area contributed by atoms with E-state index in [0.717, 1.165) is 111 Å². The summed E-state index contributed by atoms with van der Waals surface area (Å²) in [5.41, 5.74) is 5.95. The first kappa shape index (κ1) is 33.4. The Hall–Kier alpha value is -3.98. The van der Waals surface area contributed by atoms with Gasteiger partial charge < -0.3 is 24.4 Å². The number of carbonyl (C=O) groups excluding carboxylic acids is 1. The molecule has 1 amide bonds. The first-order valence-electron chi connectivity index (χ1n) is 16.5. The Kier molecular flexibility index (Phi) is 12.0. The smallest absolute Gasteiger partial charge is 0.328 e. The number of amides is 1. The van der Waals surface area contributed by atoms with Crippen LogP contribution in [0.3, 0.4) is 0 Å². The largest absolute Gasteiger partial charge is 0.478 e. The van der Waals surface area contributed by atoms with Crippen LogP contribution in [0.25, 0.3) is 17.2 Å². The molecule has 3 aromatic carbocycles. The van der Waals surface area contributed by atoms with E-state index in [1.807, 2.05) is 43.3 Å². The lowest BCUT2D eigenvalue weighted by Gasteiger charge is -2.33. The predicted octanol–water partition coefficient (Wildman–Crippen LogP) is 6.35. The molecule has 8 heteroatoms. The van der Waals surface area contributed by atoms with Gasteiger partial charge in [-0.05, 0) is 84.7 Å². The molecular formula is C38H47N3O5. The highest BCUT2D eigenvalue weighted by Gasteiger charge is 2.31. The zero-order chi connectivity index (χ0) is 32.3. The minimum atomic E-state index is -1.00. The molecule has 1 N–H and O–H groups in total. The molecule has 244 valence electrons. The van der Waals surface area contributed by atoms with Crippen LogP contribution in [0.15, 0.2) is 78.9 Å². The number of anilines is 2. The fraction of sp³-hybridized carbons (Fsp3) is 0.421. The molecule has 2 fully saturated rings. The summed E-state index contributed by atoms with van der Waals surface area (Å²) in [5.74, 6) is -0.982. The molecule has 5 rings (SSSR count). The Bertz CT molecular complexity index is 1440. The molecule has 1 aliphatic heterocycles. The third-order valence-electron chi connectivity index (χ3n) is 8.98. The summed E-state index contributed by atoms with van der Waals surface area (Å²) < 4.78 is 11.7. The number of aliphatic carboxylic acids is 1. The van der Waals surface area contributed by atoms with Crippen molar-refractivity contribution in [2.24, 2.45) is 5.92 Å². The molecule has 46 heavy (non-hydrogen) atoms. The van der Waals surface area contributed by atoms with Gasteiger partial charge in [-0.15, -0.1) is 0 Å². The van der Waals surface area contributed by atoms with Crippen molar-refractivity contribution in [2.75, 3.05) is 63.4 Å². The Balaban J connectivity index is 1.24. The molecule has 0 spiro atoms. The summed E-state index contributed by atoms with van der Waals surface area (Å²) in [6.07, 6.45) is 7.25. The average molecular weight is 626 g/mol. The molecule has 2 aliphatic rings. The summed E-state index contributed by atoms with van der Waals surface area (Å²) in [4.78, 5) is 31.7. The van der Waals surface area contributed by atoms with E-state index in [4.69, 9.17) is 14.6 Å². The third kappa shape index (κ3) is 9.52. The lowest BCUT2D eigenvalue weighted by molar-refractivity contribution is -0.131. The average Bonchev–Trinajstić information content (AvgIpc) is 3.09. The van der Waals surface area contributed by atoms with Crippen LogP contribution in [-0.2, 0) is 25.6 Å². The molecule has 0 atom stereocenters. The van der Waals surface area contributed by atoms with Gasteiger partial charge in [-0.2, -0.15) is 0 Å². The molecule has 0 aromatic heterocycles. The number of hydrogen-bond donors (Lipinski definition) is 1. The van der Waals surface area contributed by atoms with Crippen molar-refractivity contribution < 1.29 is 24.2 Å². The zero-order valence-electron chi connectivity index (χ0n) is 27.1. The van der Waals surface area contributed by atoms with Gasteiger partial charge in [0.2, 0.25) is 5.91 Å². The molecule has 1 saturated heterocycles. The minimum absolute atomic E-state index is 0.0825. The van der Waals surface area contributed by atoms with Crippen LogP contribution in [-0.4, -0.2) is 81.5 Å². The second-order valence-corrected chi connectivity index (χ2v) is 12.5. The first-order valence-corrected chi connectivity index (χ1v) is 16.5. The number of carboxylic acid groups (broad SMARTS) is 1. The molecule has 3 aromatic rings. The van der Waals surface area contributed by atoms with E-state index in [-0.39, 0.29) is 17.9 Å². The number of carbonyl (C=O) groups is 2. The van der Waals surface area contributed by atoms with Crippen LogP contribution in [0.5, 0.6) is 0 Å². The van der Waals surface area contributed by atoms with Crippen LogP contribution < -0.4 is 9.80 Å². The van der Waals surface area contributed by atoms with Gasteiger partial charge in [-0.1, -0.05) is 48.5 Å². The molecule has 1 aliphatic carbocycles. The number of morpholine rings is 1. The normalized spacial score (nSPS) is 18.8. The summed E-state index contributed by atoms with van der Waals surface area (Å²) in [5, 5.41) is 9.13. The summed E-state index contributed by atoms with van der Waals surface area (Å²) in [7, 11) is 4.06. The van der Waals surface area contributed by atoms with E-state index in [1.165, 1.54) is 0 Å². The summed E-state index contributed by atoms with van der Waals surface area (Å²) in [6.45, 7) is 5.85. The number of rotatable bonds is 13. The monoisotopic (exact) mass is 625 g/mol. The second kappa shape index (κ2) is 16.5. The van der Waals surface area contributed by atoms with Crippen LogP contribution >= 0.6 is 0 Å². The number of nitrogens with zero attached hydrogens (tertiary/aromatic N) is 3. The van der Waals surface area contributed by atoms with Crippen LogP contribution in [0.1, 0.15) is 43.2 Å². The van der Waals surface area contributed by atoms with E-state index in [1.54, 1.807) is 6.08 Å². The molecule has 0 unspecified atom stereocenters. The van der Waals surface area contributed by atoms with Gasteiger partial charge >= 0.3 is 5.97 Å². The number of benzene rings is 3. The molecule has 8 nitrogen and oxygen atoms in total. The van der Waals surface area contributed by atoms with Gasteiger partial charge in [0, 0.05) is 63.7 Å². The number of ether oxygens (including phenoxy) is 2. The molecule has 1 saturated carbocycles. The van der Waals surface area contributed by atoms with E-state index < -0.39 is 5.97 Å². The van der Waals surface area contributed by atoms with E-state index in [9.17, 15) is 9.59 Å². The zero-order valence-corrected chi connectivity index (χ0v) is 27.1. The lowest BCUT2D eigenvalue weighted by Crippen LogP contribution is -2.39. The van der Waals surface area contributed by atoms with Crippen LogP contribution in [0, 0.1) is 5.92 Å². The maximum Gasteiger partial charge on any atom is 0.328 e. The van der Waals surface area contributed by atoms with Gasteiger partial charge in [0.05, 0.1) is 25.9 Å². The van der Waals surface area contributed by atoms with E-state index >= 15 is 0 Å². The highest BCUT2D eigenvalue weighted by atomic mass is 16.5. The Morgan fingerprint density at radius 3 is 2.24 bits per heavy atom. The lowest BCUT2D eigenvalue weighted by atomic mass is 9.86. The fourth-order valence-corrected chi connectivity index (χ4v) is 6.26. The van der Waals surface area contributed by atoms with Crippen molar-refractivity contribution in [2.45, 2.75) is 44.8 Å². The van der Waals surface area contributed by atoms with Crippen molar-refractivity contribution in [3.05, 3.63) is 90.0 Å². The Morgan fingerprint density at radius 2 is 1.59 bits per heavy atom. The maximum absolute atomic E-state index is 14.2. The summed E-state index contributed by atoms with van der Waals surface area (Å²) in [6, 6.07) is 24.4. The topological polar surface area (TPSA) is 82.5 Å². The molecule has 1 heterocycles. The van der Waals surface area contributed by atoms with E-state index in [2.05, 4.69) is 58.3 Å². The molecular weight excluding hydrogens is 578 g/mol. The highest BCUT2D eigenvalue weighted by molar-refractivity contribution is 5.95. The summed E-state index contributed by atoms with van der Waals surface area (Å²) >= 11 is 0. The highest BCUT2D eigenvalue weighted by Crippen LogP contribution is 2.31. The maximum atomic E-state index is 14.2. The predicted molar refractivity (Wildman–Crippen MR) is 184 cm³/mol. The standard InChI is InChI=1S/C38H47N3O5/c1-39(2)34-16-12-32(13-17-34)31-10-7-30(8-11-31)28-41(35-6-3-5-29(27-35)9-20-37(42)43)38(44)33-14-18-36(19-15-33)46-24-4-21-40-22-25-45-26-23-40/h3,5-13,16-17,20,27,33,36H,4,14-15,18-19,21-26,28H2,1-2H3,(H,42,43). The van der Waals surface area contributed by atoms with Gasteiger partial charge in [0.1, 0.15) is 0 Å². The Morgan fingerprint density at radius 1 is 0.913 bits per heavy atom. The Labute approximate surface area is 273 Å². The van der Waals surface area contributed by atoms with Crippen molar-refractivity contribution in [1.82, 2.24) is 4.90 Å². The first-order chi connectivity index (χ1) is 22.4. The third-order valence-corrected chi connectivity index (χ3v) is 8.98. The minimum Gasteiger partial charge on any atom is -0.478 e. The number of hydrogen-bond acceptors (Lipinski definition) is 6. The van der Waals surface area contributed by atoms with Crippen molar-refractivity contribution in [3.63, 3.8) is 0 Å². The van der Waals surface area contributed by atoms with Crippen LogP contribution in [0.2, 0.25) is 0 Å². The van der Waals surface area contributed by atoms with Gasteiger partial charge in [-0.3, -0.25) is 9.69 Å². The SMILES string of the molecule is CN(C)c1ccc(-c2ccc(CN(C(=O)C3CCC(OCCCN4CCOCC4)CC3)c3cccc(C=CC(=O)O)c3)cc2)cc1. The second-order valence-electron chi connectivity index (χ2n) is 12.5. The van der Waals surface area contributed by atoms with Gasteiger partial charge in [-0.25, -0.2) is 4.79 Å². The van der Waals surface area contributed by atoms with Crippen LogP contribution in [0.4, 0.5) is 11.4 Å². The van der Waals surface area contributed by atoms with Gasteiger partial charge in [0.15, 0.2) is 0 Å². The van der Waals surface area contributed by atoms with Crippen molar-refractivity contribution in [3.8, 4) is 11.1 Å². The van der Waals surface area contributed by atoms with Crippen molar-refractivity contribution >= 4 is 29.3 Å². The van der Waals surface area contributed by atoms with Crippen molar-refractivity contribution in [1.29, 1.82) is 0 Å². The molecule has 0 bridgehead atoms. The van der Waals surface area contributed by atoms with Gasteiger partial charge in [0.25, 0.3) is 0 Å². The van der Waals surface area contributed by atoms with E-state index in [0.29, 0.717) is 6.54 Å².